The predicted molar refractivity (Wildman–Crippen MR) is 134 cm³/mol. The topological polar surface area (TPSA) is 104 Å². The molecule has 3 aliphatic rings. The van der Waals surface area contributed by atoms with Crippen molar-refractivity contribution in [3.63, 3.8) is 0 Å². The lowest BCUT2D eigenvalue weighted by Gasteiger charge is -2.32. The largest absolute Gasteiger partial charge is 0.491 e. The fourth-order valence-electron chi connectivity index (χ4n) is 4.98. The highest BCUT2D eigenvalue weighted by atomic mass is 19.4. The zero-order chi connectivity index (χ0) is 27.6. The van der Waals surface area contributed by atoms with Crippen molar-refractivity contribution in [1.82, 2.24) is 24.9 Å². The first-order valence-electron chi connectivity index (χ1n) is 12.5. The van der Waals surface area contributed by atoms with E-state index in [9.17, 15) is 13.2 Å². The van der Waals surface area contributed by atoms with Crippen LogP contribution in [0, 0.1) is 0 Å². The summed E-state index contributed by atoms with van der Waals surface area (Å²) in [7, 11) is 3.64. The number of rotatable bonds is 3. The third kappa shape index (κ3) is 5.73. The van der Waals surface area contributed by atoms with Crippen molar-refractivity contribution >= 4 is 12.0 Å². The van der Waals surface area contributed by atoms with Crippen molar-refractivity contribution in [2.24, 2.45) is 4.99 Å². The second kappa shape index (κ2) is 11.2. The van der Waals surface area contributed by atoms with E-state index in [1.165, 1.54) is 18.4 Å². The summed E-state index contributed by atoms with van der Waals surface area (Å²) in [6.07, 6.45) is -0.808. The van der Waals surface area contributed by atoms with Crippen molar-refractivity contribution in [3.8, 4) is 17.1 Å². The first kappa shape index (κ1) is 27.7. The van der Waals surface area contributed by atoms with Crippen LogP contribution >= 0.6 is 0 Å². The number of nitrogens with zero attached hydrogens (tertiary/aromatic N) is 5. The lowest BCUT2D eigenvalue weighted by atomic mass is 9.89. The second-order valence-corrected chi connectivity index (χ2v) is 9.60. The van der Waals surface area contributed by atoms with Crippen LogP contribution in [-0.4, -0.2) is 82.7 Å². The molecular formula is C25H33F3N6O4. The van der Waals surface area contributed by atoms with Gasteiger partial charge < -0.3 is 24.5 Å². The van der Waals surface area contributed by atoms with Crippen LogP contribution in [0.4, 0.5) is 13.2 Å². The number of nitrogens with one attached hydrogen (secondary N) is 1. The summed E-state index contributed by atoms with van der Waals surface area (Å²) in [5.74, 6) is -0.263. The van der Waals surface area contributed by atoms with Gasteiger partial charge in [0.05, 0.1) is 19.2 Å². The van der Waals surface area contributed by atoms with Gasteiger partial charge in [-0.1, -0.05) is 6.07 Å². The molecule has 3 aliphatic heterocycles. The number of carboxylic acids is 1. The molecule has 1 aromatic heterocycles. The van der Waals surface area contributed by atoms with Crippen LogP contribution in [0.15, 0.2) is 29.4 Å². The molecular weight excluding hydrogens is 505 g/mol. The van der Waals surface area contributed by atoms with Gasteiger partial charge in [0.25, 0.3) is 0 Å². The van der Waals surface area contributed by atoms with Crippen LogP contribution in [0.2, 0.25) is 0 Å². The Hall–Kier alpha value is -3.32. The average molecular weight is 539 g/mol. The van der Waals surface area contributed by atoms with E-state index in [0.717, 1.165) is 42.5 Å². The summed E-state index contributed by atoms with van der Waals surface area (Å²) >= 11 is 0. The summed E-state index contributed by atoms with van der Waals surface area (Å²) < 4.78 is 45.6. The Bertz CT molecular complexity index is 1180. The van der Waals surface area contributed by atoms with Gasteiger partial charge in [-0.15, -0.1) is 0 Å². The van der Waals surface area contributed by atoms with Gasteiger partial charge in [-0.2, -0.15) is 18.2 Å². The fourth-order valence-corrected chi connectivity index (χ4v) is 4.98. The molecule has 0 bridgehead atoms. The van der Waals surface area contributed by atoms with Crippen molar-refractivity contribution in [1.29, 1.82) is 0 Å². The first-order chi connectivity index (χ1) is 18.0. The second-order valence-electron chi connectivity index (χ2n) is 9.60. The minimum atomic E-state index is -5.08. The van der Waals surface area contributed by atoms with Gasteiger partial charge in [0.15, 0.2) is 6.17 Å². The Morgan fingerprint density at radius 3 is 2.55 bits per heavy atom. The number of hydrogen-bond donors (Lipinski definition) is 2. The van der Waals surface area contributed by atoms with E-state index in [2.05, 4.69) is 53.1 Å². The molecule has 5 rings (SSSR count). The number of amidine groups is 1. The third-order valence-electron chi connectivity index (χ3n) is 6.77. The van der Waals surface area contributed by atoms with Gasteiger partial charge in [0, 0.05) is 19.3 Å². The number of carboxylic acid groups (broad SMARTS) is 1. The normalized spacial score (nSPS) is 20.1. The zero-order valence-corrected chi connectivity index (χ0v) is 21.8. The summed E-state index contributed by atoms with van der Waals surface area (Å²) in [5, 5.41) is 14.7. The van der Waals surface area contributed by atoms with E-state index >= 15 is 0 Å². The molecule has 1 aromatic carbocycles. The van der Waals surface area contributed by atoms with E-state index in [1.54, 1.807) is 7.11 Å². The summed E-state index contributed by atoms with van der Waals surface area (Å²) in [6, 6.07) is 7.55. The van der Waals surface area contributed by atoms with E-state index < -0.39 is 12.1 Å². The Labute approximate surface area is 219 Å². The highest BCUT2D eigenvalue weighted by Crippen LogP contribution is 2.38. The van der Waals surface area contributed by atoms with Crippen LogP contribution in [0.25, 0.3) is 11.4 Å². The third-order valence-corrected chi connectivity index (χ3v) is 6.77. The van der Waals surface area contributed by atoms with Crippen LogP contribution in [0.1, 0.15) is 50.0 Å². The number of aromatic nitrogens is 2. The van der Waals surface area contributed by atoms with Gasteiger partial charge in [0.1, 0.15) is 23.9 Å². The molecule has 1 atom stereocenters. The number of alkyl halides is 3. The number of methoxy groups -OCH3 is 1. The SMILES string of the molecule is COC1=NC(c2cn3c(n2)-c2ccc(C4CCNCC4)cc2OCC3)N(C(C)C)N1C.O=C(O)C(F)(F)F. The van der Waals surface area contributed by atoms with Crippen LogP contribution < -0.4 is 10.1 Å². The van der Waals surface area contributed by atoms with Gasteiger partial charge in [-0.05, 0) is 63.4 Å². The van der Waals surface area contributed by atoms with Crippen molar-refractivity contribution < 1.29 is 32.5 Å². The summed E-state index contributed by atoms with van der Waals surface area (Å²) in [6.45, 7) is 7.89. The molecule has 0 spiro atoms. The maximum atomic E-state index is 10.6. The quantitative estimate of drug-likeness (QED) is 0.611. The molecule has 38 heavy (non-hydrogen) atoms. The van der Waals surface area contributed by atoms with Crippen molar-refractivity contribution in [2.75, 3.05) is 33.9 Å². The Morgan fingerprint density at radius 2 is 1.95 bits per heavy atom. The first-order valence-corrected chi connectivity index (χ1v) is 12.5. The smallest absolute Gasteiger partial charge is 0.490 e. The highest BCUT2D eigenvalue weighted by Gasteiger charge is 2.39. The molecule has 0 saturated carbocycles. The number of aliphatic carboxylic acids is 1. The molecule has 4 heterocycles. The molecule has 0 aliphatic carbocycles. The Kier molecular flexibility index (Phi) is 8.16. The minimum absolute atomic E-state index is 0.197. The molecule has 0 amide bonds. The maximum Gasteiger partial charge on any atom is 0.490 e. The molecule has 10 nitrogen and oxygen atoms in total. The number of piperidine rings is 1. The maximum absolute atomic E-state index is 10.6. The van der Waals surface area contributed by atoms with Crippen molar-refractivity contribution in [2.45, 2.75) is 57.5 Å². The van der Waals surface area contributed by atoms with E-state index in [0.29, 0.717) is 18.5 Å². The van der Waals surface area contributed by atoms with Crippen LogP contribution in [0.3, 0.4) is 0 Å². The van der Waals surface area contributed by atoms with Gasteiger partial charge in [0.2, 0.25) is 0 Å². The number of benzene rings is 1. The monoisotopic (exact) mass is 538 g/mol. The van der Waals surface area contributed by atoms with E-state index in [1.807, 2.05) is 12.1 Å². The highest BCUT2D eigenvalue weighted by molar-refractivity contribution is 5.75. The minimum Gasteiger partial charge on any atom is -0.491 e. The molecule has 1 saturated heterocycles. The van der Waals surface area contributed by atoms with Gasteiger partial charge in [-0.25, -0.2) is 14.8 Å². The molecule has 208 valence electrons. The number of carbonyl (C=O) groups is 1. The number of aliphatic imine (C=N–C) groups is 1. The zero-order valence-electron chi connectivity index (χ0n) is 21.8. The van der Waals surface area contributed by atoms with Crippen LogP contribution in [0.5, 0.6) is 5.75 Å². The summed E-state index contributed by atoms with van der Waals surface area (Å²) in [4.78, 5) is 18.7. The van der Waals surface area contributed by atoms with Crippen molar-refractivity contribution in [3.05, 3.63) is 35.7 Å². The standard InChI is InChI=1S/C23H32N6O2.C2HF3O2/c1-15(2)29-22(26-23(30-4)27(29)3)19-14-28-11-12-31-20-13-17(16-7-9-24-10-8-16)5-6-18(20)21(28)25-19;3-2(4,5)1(6)7/h5-6,13-16,22,24H,7-12H2,1-4H3;(H,6,7). The predicted octanol–water partition coefficient (Wildman–Crippen LogP) is 3.61. The average Bonchev–Trinajstić information content (AvgIpc) is 3.40. The summed E-state index contributed by atoms with van der Waals surface area (Å²) in [5.41, 5.74) is 3.36. The molecule has 0 radical (unpaired) electrons. The number of fused-ring (bicyclic) bond motifs is 3. The molecule has 1 fully saturated rings. The van der Waals surface area contributed by atoms with Crippen LogP contribution in [-0.2, 0) is 16.1 Å². The number of imidazole rings is 1. The number of hydrogen-bond acceptors (Lipinski definition) is 8. The lowest BCUT2D eigenvalue weighted by Crippen LogP contribution is -2.44. The fraction of sp³-hybridized carbons (Fsp3) is 0.560. The lowest BCUT2D eigenvalue weighted by molar-refractivity contribution is -0.192. The molecule has 13 heteroatoms. The Morgan fingerprint density at radius 1 is 1.26 bits per heavy atom. The number of ether oxygens (including phenoxy) is 2. The van der Waals surface area contributed by atoms with Gasteiger partial charge >= 0.3 is 18.2 Å². The molecule has 2 aromatic rings. The molecule has 2 N–H and O–H groups in total. The van der Waals surface area contributed by atoms with E-state index in [4.69, 9.17) is 29.4 Å². The Balaban J connectivity index is 0.000000426. The van der Waals surface area contributed by atoms with E-state index in [-0.39, 0.29) is 12.2 Å². The van der Waals surface area contributed by atoms with Gasteiger partial charge in [-0.3, -0.25) is 5.01 Å². The number of hydrazine groups is 1. The molecule has 1 unspecified atom stereocenters. The number of halogens is 3.